The predicted molar refractivity (Wildman–Crippen MR) is 220 cm³/mol. The number of hydrogen-bond donors (Lipinski definition) is 0. The monoisotopic (exact) mass is 678 g/mol. The molecule has 0 bridgehead atoms. The van der Waals surface area contributed by atoms with Gasteiger partial charge in [-0.3, -0.25) is 0 Å². The Hall–Kier alpha value is -7.04. The van der Waals surface area contributed by atoms with E-state index in [1.807, 2.05) is 36.4 Å². The summed E-state index contributed by atoms with van der Waals surface area (Å²) in [6.45, 7) is 0. The molecule has 8 aromatic carbocycles. The smallest absolute Gasteiger partial charge is 0.160 e. The molecule has 3 heterocycles. The molecular weight excluding hydrogens is 649 g/mol. The van der Waals surface area contributed by atoms with Gasteiger partial charge >= 0.3 is 0 Å². The van der Waals surface area contributed by atoms with Crippen molar-refractivity contribution in [2.24, 2.45) is 9.98 Å². The van der Waals surface area contributed by atoms with Crippen LogP contribution in [0.4, 0.5) is 0 Å². The third kappa shape index (κ3) is 4.84. The molecule has 0 saturated heterocycles. The van der Waals surface area contributed by atoms with Gasteiger partial charge < -0.3 is 8.83 Å². The molecule has 0 aliphatic carbocycles. The SMILES string of the molecule is C1=C(c2ccc3ccc4ccccc4c3c2)N=C(c2cc(-c3cccc4oc5ccccc5c34)cc3oc4ccccc4c23)N=C(c2ccccc2)C1. The zero-order valence-corrected chi connectivity index (χ0v) is 28.6. The molecule has 248 valence electrons. The largest absolute Gasteiger partial charge is 0.456 e. The second-order valence-electron chi connectivity index (χ2n) is 13.6. The quantitative estimate of drug-likeness (QED) is 0.174. The van der Waals surface area contributed by atoms with Crippen molar-refractivity contribution in [3.05, 3.63) is 187 Å². The molecule has 4 nitrogen and oxygen atoms in total. The van der Waals surface area contributed by atoms with Crippen molar-refractivity contribution in [2.75, 3.05) is 0 Å². The van der Waals surface area contributed by atoms with E-state index in [4.69, 9.17) is 18.8 Å². The third-order valence-electron chi connectivity index (χ3n) is 10.5. The normalized spacial score (nSPS) is 13.5. The number of fused-ring (bicyclic) bond motifs is 9. The van der Waals surface area contributed by atoms with Gasteiger partial charge in [0, 0.05) is 39.1 Å². The van der Waals surface area contributed by atoms with Gasteiger partial charge in [-0.1, -0.05) is 133 Å². The second-order valence-corrected chi connectivity index (χ2v) is 13.6. The van der Waals surface area contributed by atoms with Crippen molar-refractivity contribution < 1.29 is 8.83 Å². The summed E-state index contributed by atoms with van der Waals surface area (Å²) in [6.07, 6.45) is 2.85. The first-order valence-electron chi connectivity index (χ1n) is 18.0. The van der Waals surface area contributed by atoms with Gasteiger partial charge in [0.2, 0.25) is 0 Å². The fourth-order valence-electron chi connectivity index (χ4n) is 8.03. The van der Waals surface area contributed by atoms with Crippen LogP contribution in [0.25, 0.3) is 82.2 Å². The van der Waals surface area contributed by atoms with Gasteiger partial charge in [-0.2, -0.15) is 0 Å². The molecule has 2 aromatic heterocycles. The zero-order valence-electron chi connectivity index (χ0n) is 28.6. The molecule has 0 saturated carbocycles. The highest BCUT2D eigenvalue weighted by Crippen LogP contribution is 2.41. The Balaban J connectivity index is 1.19. The van der Waals surface area contributed by atoms with E-state index >= 15 is 0 Å². The highest BCUT2D eigenvalue weighted by Gasteiger charge is 2.22. The average molecular weight is 679 g/mol. The van der Waals surface area contributed by atoms with E-state index in [-0.39, 0.29) is 0 Å². The number of para-hydroxylation sites is 2. The van der Waals surface area contributed by atoms with Gasteiger partial charge in [0.15, 0.2) is 5.84 Å². The Morgan fingerprint density at radius 1 is 0.396 bits per heavy atom. The number of furan rings is 2. The van der Waals surface area contributed by atoms with Gasteiger partial charge in [-0.05, 0) is 74.6 Å². The van der Waals surface area contributed by atoms with Crippen LogP contribution in [-0.4, -0.2) is 11.5 Å². The summed E-state index contributed by atoms with van der Waals surface area (Å²) < 4.78 is 12.9. The Labute approximate surface area is 304 Å². The number of amidine groups is 1. The van der Waals surface area contributed by atoms with Crippen molar-refractivity contribution in [1.82, 2.24) is 0 Å². The van der Waals surface area contributed by atoms with Crippen molar-refractivity contribution in [1.29, 1.82) is 0 Å². The number of benzene rings is 8. The van der Waals surface area contributed by atoms with Crippen molar-refractivity contribution >= 4 is 82.7 Å². The Morgan fingerprint density at radius 3 is 1.85 bits per heavy atom. The van der Waals surface area contributed by atoms with Crippen LogP contribution in [0.15, 0.2) is 189 Å². The number of hydrogen-bond acceptors (Lipinski definition) is 4. The summed E-state index contributed by atoms with van der Waals surface area (Å²) in [5, 5.41) is 9.03. The van der Waals surface area contributed by atoms with Crippen LogP contribution in [0.3, 0.4) is 0 Å². The number of aliphatic imine (C=N–C) groups is 2. The summed E-state index contributed by atoms with van der Waals surface area (Å²) in [6, 6.07) is 57.2. The maximum atomic E-state index is 6.63. The molecule has 0 N–H and O–H groups in total. The molecule has 1 aliphatic heterocycles. The number of rotatable bonds is 4. The lowest BCUT2D eigenvalue weighted by atomic mass is 9.95. The van der Waals surface area contributed by atoms with Crippen molar-refractivity contribution in [3.8, 4) is 11.1 Å². The molecule has 53 heavy (non-hydrogen) atoms. The van der Waals surface area contributed by atoms with E-state index in [1.54, 1.807) is 0 Å². The van der Waals surface area contributed by atoms with E-state index in [1.165, 1.54) is 21.5 Å². The molecule has 0 atom stereocenters. The second kappa shape index (κ2) is 11.8. The first kappa shape index (κ1) is 29.7. The predicted octanol–water partition coefficient (Wildman–Crippen LogP) is 13.1. The van der Waals surface area contributed by atoms with Crippen LogP contribution in [0.2, 0.25) is 0 Å². The van der Waals surface area contributed by atoms with Crippen LogP contribution in [0.1, 0.15) is 23.1 Å². The molecular formula is C49H30N2O2. The molecule has 11 rings (SSSR count). The van der Waals surface area contributed by atoms with Gasteiger partial charge in [-0.15, -0.1) is 0 Å². The number of allylic oxidation sites excluding steroid dienone is 1. The van der Waals surface area contributed by atoms with Crippen LogP contribution in [0.5, 0.6) is 0 Å². The van der Waals surface area contributed by atoms with Crippen LogP contribution in [0, 0.1) is 0 Å². The van der Waals surface area contributed by atoms with Gasteiger partial charge in [0.25, 0.3) is 0 Å². The first-order chi connectivity index (χ1) is 26.2. The maximum Gasteiger partial charge on any atom is 0.160 e. The standard InChI is InChI=1S/C49H30N2O2/c1-2-12-32(13-3-1)41-25-26-42(33-24-23-31-22-21-30-11-4-5-14-35(30)39(31)27-33)51-49(50-41)40-28-34(29-46-48(40)38-16-7-9-19-44(38)53-46)36-17-10-20-45-47(36)37-15-6-8-18-43(37)52-45/h1-24,26-29H,25H2. The lowest BCUT2D eigenvalue weighted by molar-refractivity contribution is 0.668. The molecule has 0 amide bonds. The van der Waals surface area contributed by atoms with E-state index in [0.717, 1.165) is 83.1 Å². The van der Waals surface area contributed by atoms with Crippen LogP contribution in [-0.2, 0) is 0 Å². The Morgan fingerprint density at radius 2 is 1.04 bits per heavy atom. The molecule has 0 radical (unpaired) electrons. The van der Waals surface area contributed by atoms with E-state index in [9.17, 15) is 0 Å². The third-order valence-corrected chi connectivity index (χ3v) is 10.5. The summed E-state index contributed by atoms with van der Waals surface area (Å²) in [5.41, 5.74) is 10.3. The molecule has 4 heteroatoms. The summed E-state index contributed by atoms with van der Waals surface area (Å²) in [7, 11) is 0. The lowest BCUT2D eigenvalue weighted by Crippen LogP contribution is -2.05. The summed E-state index contributed by atoms with van der Waals surface area (Å²) in [5.74, 6) is 0.647. The molecule has 0 unspecified atom stereocenters. The van der Waals surface area contributed by atoms with Gasteiger partial charge in [0.05, 0.1) is 11.4 Å². The minimum atomic E-state index is 0.634. The highest BCUT2D eigenvalue weighted by molar-refractivity contribution is 6.24. The van der Waals surface area contributed by atoms with E-state index in [2.05, 4.69) is 133 Å². The van der Waals surface area contributed by atoms with Crippen LogP contribution >= 0.6 is 0 Å². The molecule has 1 aliphatic rings. The average Bonchev–Trinajstić information content (AvgIpc) is 3.71. The fourth-order valence-corrected chi connectivity index (χ4v) is 8.03. The minimum Gasteiger partial charge on any atom is -0.456 e. The van der Waals surface area contributed by atoms with Crippen molar-refractivity contribution in [2.45, 2.75) is 6.42 Å². The van der Waals surface area contributed by atoms with Gasteiger partial charge in [-0.25, -0.2) is 9.98 Å². The molecule has 10 aromatic rings. The van der Waals surface area contributed by atoms with E-state index < -0.39 is 0 Å². The molecule has 0 fully saturated rings. The van der Waals surface area contributed by atoms with Gasteiger partial charge in [0.1, 0.15) is 22.3 Å². The van der Waals surface area contributed by atoms with E-state index in [0.29, 0.717) is 12.3 Å². The molecule has 0 spiro atoms. The zero-order chi connectivity index (χ0) is 34.9. The lowest BCUT2D eigenvalue weighted by Gasteiger charge is -2.11. The summed E-state index contributed by atoms with van der Waals surface area (Å²) >= 11 is 0. The Kier molecular flexibility index (Phi) is 6.58. The minimum absolute atomic E-state index is 0.634. The van der Waals surface area contributed by atoms with Crippen molar-refractivity contribution in [3.63, 3.8) is 0 Å². The number of nitrogens with zero attached hydrogens (tertiary/aromatic N) is 2. The van der Waals surface area contributed by atoms with Crippen LogP contribution < -0.4 is 0 Å². The summed E-state index contributed by atoms with van der Waals surface area (Å²) in [4.78, 5) is 10.9. The first-order valence-corrected chi connectivity index (χ1v) is 18.0. The fraction of sp³-hybridized carbons (Fsp3) is 0.0204. The topological polar surface area (TPSA) is 51.0 Å². The Bertz CT molecular complexity index is 3200. The highest BCUT2D eigenvalue weighted by atomic mass is 16.3. The maximum absolute atomic E-state index is 6.63.